The Morgan fingerprint density at radius 3 is 2.56 bits per heavy atom. The minimum absolute atomic E-state index is 0.124. The van der Waals surface area contributed by atoms with Gasteiger partial charge in [0, 0.05) is 17.8 Å². The Kier molecular flexibility index (Phi) is 3.85. The summed E-state index contributed by atoms with van der Waals surface area (Å²) in [4.78, 5) is 0. The molecule has 18 heavy (non-hydrogen) atoms. The molecule has 94 valence electrons. The van der Waals surface area contributed by atoms with Crippen LogP contribution in [0.1, 0.15) is 16.7 Å². The van der Waals surface area contributed by atoms with Crippen LogP contribution in [0.25, 0.3) is 0 Å². The first-order valence-corrected chi connectivity index (χ1v) is 5.92. The van der Waals surface area contributed by atoms with Crippen LogP contribution in [-0.2, 0) is 13.2 Å². The van der Waals surface area contributed by atoms with Crippen LogP contribution in [0.5, 0.6) is 5.75 Å². The number of rotatable bonds is 4. The summed E-state index contributed by atoms with van der Waals surface area (Å²) in [5.41, 5.74) is 3.90. The predicted octanol–water partition coefficient (Wildman–Crippen LogP) is 2.81. The van der Waals surface area contributed by atoms with E-state index in [0.29, 0.717) is 5.56 Å². The summed E-state index contributed by atoms with van der Waals surface area (Å²) in [5.74, 6) is 0.124. The van der Waals surface area contributed by atoms with Gasteiger partial charge in [0.15, 0.2) is 0 Å². The molecule has 0 saturated heterocycles. The Labute approximate surface area is 107 Å². The number of benzene rings is 2. The van der Waals surface area contributed by atoms with Gasteiger partial charge in [0.2, 0.25) is 0 Å². The first-order valence-electron chi connectivity index (χ1n) is 5.92. The molecule has 0 aromatic heterocycles. The van der Waals surface area contributed by atoms with Gasteiger partial charge in [-0.3, -0.25) is 0 Å². The van der Waals surface area contributed by atoms with Crippen molar-refractivity contribution in [2.75, 3.05) is 5.32 Å². The van der Waals surface area contributed by atoms with E-state index in [2.05, 4.69) is 24.4 Å². The minimum Gasteiger partial charge on any atom is -0.508 e. The first kappa shape index (κ1) is 12.5. The normalized spacial score (nSPS) is 10.3. The van der Waals surface area contributed by atoms with E-state index in [9.17, 15) is 5.11 Å². The maximum absolute atomic E-state index is 9.48. The molecular weight excluding hydrogens is 226 g/mol. The number of aryl methyl sites for hydroxylation is 1. The fraction of sp³-hybridized carbons (Fsp3) is 0.200. The number of aliphatic hydroxyl groups is 1. The number of hydrogen-bond donors (Lipinski definition) is 3. The molecule has 0 spiro atoms. The minimum atomic E-state index is -0.161. The van der Waals surface area contributed by atoms with Crippen LogP contribution in [0.2, 0.25) is 0 Å². The van der Waals surface area contributed by atoms with Gasteiger partial charge in [0.25, 0.3) is 0 Å². The number of phenols is 1. The van der Waals surface area contributed by atoms with Gasteiger partial charge in [-0.25, -0.2) is 0 Å². The maximum atomic E-state index is 9.48. The monoisotopic (exact) mass is 243 g/mol. The molecule has 0 aliphatic carbocycles. The van der Waals surface area contributed by atoms with E-state index < -0.39 is 0 Å². The molecule has 0 saturated carbocycles. The van der Waals surface area contributed by atoms with E-state index in [4.69, 9.17) is 5.11 Å². The molecular formula is C15H17NO2. The van der Waals surface area contributed by atoms with Crippen molar-refractivity contribution in [3.63, 3.8) is 0 Å². The molecule has 2 aromatic carbocycles. The Hall–Kier alpha value is -2.00. The van der Waals surface area contributed by atoms with E-state index in [1.165, 1.54) is 11.1 Å². The average Bonchev–Trinajstić information content (AvgIpc) is 2.39. The zero-order chi connectivity index (χ0) is 13.0. The Morgan fingerprint density at radius 1 is 1.06 bits per heavy atom. The molecule has 0 aliphatic heterocycles. The zero-order valence-corrected chi connectivity index (χ0v) is 10.4. The fourth-order valence-corrected chi connectivity index (χ4v) is 1.83. The van der Waals surface area contributed by atoms with Gasteiger partial charge in [-0.05, 0) is 36.2 Å². The van der Waals surface area contributed by atoms with Crippen molar-refractivity contribution >= 4 is 5.69 Å². The molecule has 0 fully saturated rings. The van der Waals surface area contributed by atoms with Gasteiger partial charge >= 0.3 is 0 Å². The SMILES string of the molecule is Cc1ccccc1CNc1ccc(O)c(CO)c1. The summed E-state index contributed by atoms with van der Waals surface area (Å²) < 4.78 is 0. The highest BCUT2D eigenvalue weighted by Gasteiger charge is 2.02. The van der Waals surface area contributed by atoms with Crippen LogP contribution in [-0.4, -0.2) is 10.2 Å². The van der Waals surface area contributed by atoms with Crippen LogP contribution in [0, 0.1) is 6.92 Å². The molecule has 2 rings (SSSR count). The molecule has 0 unspecified atom stereocenters. The Balaban J connectivity index is 2.09. The quantitative estimate of drug-likeness (QED) is 0.724. The smallest absolute Gasteiger partial charge is 0.121 e. The Bertz CT molecular complexity index is 538. The Morgan fingerprint density at radius 2 is 1.83 bits per heavy atom. The lowest BCUT2D eigenvalue weighted by molar-refractivity contribution is 0.275. The fourth-order valence-electron chi connectivity index (χ4n) is 1.83. The summed E-state index contributed by atoms with van der Waals surface area (Å²) in [7, 11) is 0. The second kappa shape index (κ2) is 5.56. The second-order valence-electron chi connectivity index (χ2n) is 4.28. The van der Waals surface area contributed by atoms with Crippen LogP contribution in [0.4, 0.5) is 5.69 Å². The highest BCUT2D eigenvalue weighted by Crippen LogP contribution is 2.22. The van der Waals surface area contributed by atoms with E-state index in [1.807, 2.05) is 12.1 Å². The summed E-state index contributed by atoms with van der Waals surface area (Å²) in [6.45, 7) is 2.64. The lowest BCUT2D eigenvalue weighted by Crippen LogP contribution is -2.01. The molecule has 0 radical (unpaired) electrons. The predicted molar refractivity (Wildman–Crippen MR) is 72.5 cm³/mol. The van der Waals surface area contributed by atoms with Crippen LogP contribution in [0.3, 0.4) is 0 Å². The number of aliphatic hydroxyl groups excluding tert-OH is 1. The molecule has 3 N–H and O–H groups in total. The van der Waals surface area contributed by atoms with Crippen LogP contribution < -0.4 is 5.32 Å². The van der Waals surface area contributed by atoms with Crippen LogP contribution >= 0.6 is 0 Å². The van der Waals surface area contributed by atoms with Gasteiger partial charge in [0.1, 0.15) is 5.75 Å². The molecule has 0 amide bonds. The largest absolute Gasteiger partial charge is 0.508 e. The van der Waals surface area contributed by atoms with E-state index in [-0.39, 0.29) is 12.4 Å². The first-order chi connectivity index (χ1) is 8.70. The summed E-state index contributed by atoms with van der Waals surface area (Å²) in [6.07, 6.45) is 0. The van der Waals surface area contributed by atoms with Crippen molar-refractivity contribution in [2.45, 2.75) is 20.1 Å². The summed E-state index contributed by atoms with van der Waals surface area (Å²) >= 11 is 0. The van der Waals surface area contributed by atoms with Crippen molar-refractivity contribution in [3.8, 4) is 5.75 Å². The van der Waals surface area contributed by atoms with E-state index in [0.717, 1.165) is 12.2 Å². The summed E-state index contributed by atoms with van der Waals surface area (Å²) in [6, 6.07) is 13.3. The highest BCUT2D eigenvalue weighted by atomic mass is 16.3. The number of hydrogen-bond acceptors (Lipinski definition) is 3. The third-order valence-corrected chi connectivity index (χ3v) is 2.99. The lowest BCUT2D eigenvalue weighted by Gasteiger charge is -2.10. The molecule has 2 aromatic rings. The molecule has 3 nitrogen and oxygen atoms in total. The second-order valence-corrected chi connectivity index (χ2v) is 4.28. The highest BCUT2D eigenvalue weighted by molar-refractivity contribution is 5.51. The maximum Gasteiger partial charge on any atom is 0.121 e. The van der Waals surface area contributed by atoms with Crippen molar-refractivity contribution in [3.05, 3.63) is 59.2 Å². The molecule has 3 heteroatoms. The van der Waals surface area contributed by atoms with Crippen molar-refractivity contribution < 1.29 is 10.2 Å². The topological polar surface area (TPSA) is 52.5 Å². The van der Waals surface area contributed by atoms with Gasteiger partial charge in [0.05, 0.1) is 6.61 Å². The van der Waals surface area contributed by atoms with E-state index in [1.54, 1.807) is 18.2 Å². The van der Waals surface area contributed by atoms with Gasteiger partial charge in [-0.1, -0.05) is 24.3 Å². The van der Waals surface area contributed by atoms with E-state index >= 15 is 0 Å². The van der Waals surface area contributed by atoms with Crippen molar-refractivity contribution in [1.29, 1.82) is 0 Å². The van der Waals surface area contributed by atoms with Crippen molar-refractivity contribution in [1.82, 2.24) is 0 Å². The zero-order valence-electron chi connectivity index (χ0n) is 10.4. The third-order valence-electron chi connectivity index (χ3n) is 2.99. The van der Waals surface area contributed by atoms with Gasteiger partial charge < -0.3 is 15.5 Å². The molecule has 0 bridgehead atoms. The number of anilines is 1. The molecule has 0 aliphatic rings. The average molecular weight is 243 g/mol. The van der Waals surface area contributed by atoms with Crippen LogP contribution in [0.15, 0.2) is 42.5 Å². The summed E-state index contributed by atoms with van der Waals surface area (Å²) in [5, 5.41) is 21.8. The van der Waals surface area contributed by atoms with Crippen molar-refractivity contribution in [2.24, 2.45) is 0 Å². The number of nitrogens with one attached hydrogen (secondary N) is 1. The number of aromatic hydroxyl groups is 1. The molecule has 0 atom stereocenters. The lowest BCUT2D eigenvalue weighted by atomic mass is 10.1. The van der Waals surface area contributed by atoms with Gasteiger partial charge in [-0.2, -0.15) is 0 Å². The van der Waals surface area contributed by atoms with Gasteiger partial charge in [-0.15, -0.1) is 0 Å². The third kappa shape index (κ3) is 2.81. The standard InChI is InChI=1S/C15H17NO2/c1-11-4-2-3-5-12(11)9-16-14-6-7-15(18)13(8-14)10-17/h2-8,16-18H,9-10H2,1H3. The molecule has 0 heterocycles.